The topological polar surface area (TPSA) is 49.4 Å². The fourth-order valence-electron chi connectivity index (χ4n) is 2.74. The summed E-state index contributed by atoms with van der Waals surface area (Å²) >= 11 is 0. The number of benzene rings is 2. The van der Waals surface area contributed by atoms with Gasteiger partial charge in [0.15, 0.2) is 0 Å². The number of carbonyl (C=O) groups excluding carboxylic acids is 2. The van der Waals surface area contributed by atoms with Crippen LogP contribution in [0.15, 0.2) is 55.1 Å². The molecule has 0 atom stereocenters. The first-order valence-corrected chi connectivity index (χ1v) is 8.89. The monoisotopic (exact) mass is 350 g/mol. The Bertz CT molecular complexity index is 783. The lowest BCUT2D eigenvalue weighted by atomic mass is 10.1. The highest BCUT2D eigenvalue weighted by Crippen LogP contribution is 2.25. The molecule has 4 heteroatoms. The maximum absolute atomic E-state index is 12.9. The van der Waals surface area contributed by atoms with Crippen molar-refractivity contribution in [2.24, 2.45) is 0 Å². The molecule has 1 N–H and O–H groups in total. The van der Waals surface area contributed by atoms with Gasteiger partial charge >= 0.3 is 0 Å². The molecule has 0 saturated heterocycles. The molecule has 4 nitrogen and oxygen atoms in total. The highest BCUT2D eigenvalue weighted by molar-refractivity contribution is 5.95. The van der Waals surface area contributed by atoms with E-state index in [4.69, 9.17) is 0 Å². The Morgan fingerprint density at radius 3 is 2.50 bits per heavy atom. The molecular formula is C22H26N2O2. The van der Waals surface area contributed by atoms with Gasteiger partial charge in [-0.25, -0.2) is 0 Å². The summed E-state index contributed by atoms with van der Waals surface area (Å²) < 4.78 is 0. The molecule has 0 spiro atoms. The fraction of sp³-hybridized carbons (Fsp3) is 0.273. The van der Waals surface area contributed by atoms with E-state index in [1.807, 2.05) is 55.5 Å². The lowest BCUT2D eigenvalue weighted by molar-refractivity contribution is -0.121. The summed E-state index contributed by atoms with van der Waals surface area (Å²) in [6, 6.07) is 15.8. The number of hydrogen-bond acceptors (Lipinski definition) is 2. The van der Waals surface area contributed by atoms with Gasteiger partial charge in [-0.1, -0.05) is 62.0 Å². The normalized spacial score (nSPS) is 10.2. The van der Waals surface area contributed by atoms with Crippen LogP contribution in [0.2, 0.25) is 0 Å². The van der Waals surface area contributed by atoms with Crippen molar-refractivity contribution in [1.82, 2.24) is 5.32 Å². The van der Waals surface area contributed by atoms with E-state index in [-0.39, 0.29) is 18.2 Å². The second-order valence-corrected chi connectivity index (χ2v) is 6.12. The number of nitrogens with zero attached hydrogens (tertiary/aromatic N) is 1. The van der Waals surface area contributed by atoms with Crippen LogP contribution in [0.5, 0.6) is 0 Å². The number of nitrogens with one attached hydrogen (secondary N) is 1. The zero-order valence-corrected chi connectivity index (χ0v) is 15.5. The SMILES string of the molecule is C=Cc1ccccc1N(Cc1ccccc1C)C(=O)CCNC(=O)CC. The van der Waals surface area contributed by atoms with Gasteiger partial charge in [-0.05, 0) is 29.7 Å². The highest BCUT2D eigenvalue weighted by Gasteiger charge is 2.19. The molecule has 0 aliphatic carbocycles. The number of anilines is 1. The molecule has 2 aromatic rings. The third-order valence-electron chi connectivity index (χ3n) is 4.32. The van der Waals surface area contributed by atoms with E-state index in [2.05, 4.69) is 11.9 Å². The smallest absolute Gasteiger partial charge is 0.229 e. The van der Waals surface area contributed by atoms with Crippen molar-refractivity contribution in [3.63, 3.8) is 0 Å². The van der Waals surface area contributed by atoms with Crippen LogP contribution in [-0.2, 0) is 16.1 Å². The lowest BCUT2D eigenvalue weighted by Gasteiger charge is -2.25. The van der Waals surface area contributed by atoms with Crippen LogP contribution in [0.4, 0.5) is 5.69 Å². The second kappa shape index (κ2) is 9.56. The molecule has 2 rings (SSSR count). The minimum Gasteiger partial charge on any atom is -0.356 e. The number of aryl methyl sites for hydroxylation is 1. The van der Waals surface area contributed by atoms with Gasteiger partial charge in [0.1, 0.15) is 0 Å². The van der Waals surface area contributed by atoms with Gasteiger partial charge < -0.3 is 10.2 Å². The van der Waals surface area contributed by atoms with E-state index in [0.29, 0.717) is 19.5 Å². The van der Waals surface area contributed by atoms with Crippen LogP contribution in [0.1, 0.15) is 36.5 Å². The lowest BCUT2D eigenvalue weighted by Crippen LogP contribution is -2.34. The Morgan fingerprint density at radius 2 is 1.81 bits per heavy atom. The molecule has 0 radical (unpaired) electrons. The first kappa shape index (κ1) is 19.4. The Hall–Kier alpha value is -2.88. The molecule has 0 saturated carbocycles. The number of hydrogen-bond donors (Lipinski definition) is 1. The van der Waals surface area contributed by atoms with Crippen molar-refractivity contribution in [2.75, 3.05) is 11.4 Å². The van der Waals surface area contributed by atoms with E-state index < -0.39 is 0 Å². The molecule has 0 aliphatic rings. The summed E-state index contributed by atoms with van der Waals surface area (Å²) in [7, 11) is 0. The molecule has 26 heavy (non-hydrogen) atoms. The van der Waals surface area contributed by atoms with Gasteiger partial charge in [-0.3, -0.25) is 9.59 Å². The van der Waals surface area contributed by atoms with E-state index >= 15 is 0 Å². The predicted octanol–water partition coefficient (Wildman–Crippen LogP) is 4.09. The maximum Gasteiger partial charge on any atom is 0.229 e. The average molecular weight is 350 g/mol. The number of carbonyl (C=O) groups is 2. The van der Waals surface area contributed by atoms with E-state index in [1.54, 1.807) is 17.9 Å². The minimum absolute atomic E-state index is 0.0287. The third-order valence-corrected chi connectivity index (χ3v) is 4.32. The summed E-state index contributed by atoms with van der Waals surface area (Å²) in [5.74, 6) is -0.0753. The zero-order valence-electron chi connectivity index (χ0n) is 15.5. The van der Waals surface area contributed by atoms with Gasteiger partial charge in [0, 0.05) is 19.4 Å². The minimum atomic E-state index is -0.0465. The Labute approximate surface area is 155 Å². The Kier molecular flexibility index (Phi) is 7.15. The van der Waals surface area contributed by atoms with Crippen LogP contribution in [0.25, 0.3) is 6.08 Å². The summed E-state index contributed by atoms with van der Waals surface area (Å²) in [6.45, 7) is 8.52. The maximum atomic E-state index is 12.9. The summed E-state index contributed by atoms with van der Waals surface area (Å²) in [4.78, 5) is 26.1. The Morgan fingerprint density at radius 1 is 1.12 bits per heavy atom. The van der Waals surface area contributed by atoms with Gasteiger partial charge in [0.05, 0.1) is 12.2 Å². The molecule has 0 aromatic heterocycles. The largest absolute Gasteiger partial charge is 0.356 e. The fourth-order valence-corrected chi connectivity index (χ4v) is 2.74. The summed E-state index contributed by atoms with van der Waals surface area (Å²) in [5, 5.41) is 2.77. The third kappa shape index (κ3) is 5.06. The molecule has 0 aliphatic heterocycles. The summed E-state index contributed by atoms with van der Waals surface area (Å²) in [5.41, 5.74) is 3.97. The first-order valence-electron chi connectivity index (χ1n) is 8.89. The standard InChI is InChI=1S/C22H26N2O2/c1-4-18-11-8-9-13-20(18)24(16-19-12-7-6-10-17(19)3)22(26)14-15-23-21(25)5-2/h4,6-13H,1,5,14-16H2,2-3H3,(H,23,25). The molecule has 0 unspecified atom stereocenters. The van der Waals surface area contributed by atoms with Crippen LogP contribution in [0, 0.1) is 6.92 Å². The zero-order chi connectivity index (χ0) is 18.9. The number of amides is 2. The van der Waals surface area contributed by atoms with Crippen molar-refractivity contribution in [3.05, 3.63) is 71.8 Å². The van der Waals surface area contributed by atoms with Crippen molar-refractivity contribution >= 4 is 23.6 Å². The number of rotatable bonds is 8. The van der Waals surface area contributed by atoms with E-state index in [9.17, 15) is 9.59 Å². The Balaban J connectivity index is 2.26. The van der Waals surface area contributed by atoms with Crippen LogP contribution in [-0.4, -0.2) is 18.4 Å². The average Bonchev–Trinajstić information content (AvgIpc) is 2.67. The molecule has 2 aromatic carbocycles. The molecule has 0 bridgehead atoms. The van der Waals surface area contributed by atoms with Gasteiger partial charge in [-0.2, -0.15) is 0 Å². The molecule has 136 valence electrons. The predicted molar refractivity (Wildman–Crippen MR) is 107 cm³/mol. The molecular weight excluding hydrogens is 324 g/mol. The van der Waals surface area contributed by atoms with Gasteiger partial charge in [-0.15, -0.1) is 0 Å². The molecule has 2 amide bonds. The van der Waals surface area contributed by atoms with Crippen molar-refractivity contribution < 1.29 is 9.59 Å². The molecule has 0 heterocycles. The molecule has 0 fully saturated rings. The van der Waals surface area contributed by atoms with Crippen LogP contribution >= 0.6 is 0 Å². The highest BCUT2D eigenvalue weighted by atomic mass is 16.2. The van der Waals surface area contributed by atoms with Crippen molar-refractivity contribution in [2.45, 2.75) is 33.2 Å². The number of para-hydroxylation sites is 1. The summed E-state index contributed by atoms with van der Waals surface area (Å²) in [6.07, 6.45) is 2.43. The second-order valence-electron chi connectivity index (χ2n) is 6.12. The van der Waals surface area contributed by atoms with Crippen molar-refractivity contribution in [1.29, 1.82) is 0 Å². The van der Waals surface area contributed by atoms with E-state index in [0.717, 1.165) is 22.4 Å². The van der Waals surface area contributed by atoms with Gasteiger partial charge in [0.25, 0.3) is 0 Å². The van der Waals surface area contributed by atoms with E-state index in [1.165, 1.54) is 0 Å². The van der Waals surface area contributed by atoms with Crippen molar-refractivity contribution in [3.8, 4) is 0 Å². The van der Waals surface area contributed by atoms with Crippen LogP contribution < -0.4 is 10.2 Å². The first-order chi connectivity index (χ1) is 12.6. The quantitative estimate of drug-likeness (QED) is 0.780. The van der Waals surface area contributed by atoms with Crippen LogP contribution in [0.3, 0.4) is 0 Å². The van der Waals surface area contributed by atoms with Gasteiger partial charge in [0.2, 0.25) is 11.8 Å².